The molecular formula is C23H19F3N4O4S. The van der Waals surface area contributed by atoms with Crippen LogP contribution in [0.15, 0.2) is 72.1 Å². The number of carbonyl (C=O) groups excluding carboxylic acids is 3. The lowest BCUT2D eigenvalue weighted by Crippen LogP contribution is -2.31. The summed E-state index contributed by atoms with van der Waals surface area (Å²) in [5, 5.41) is 4.62. The highest BCUT2D eigenvalue weighted by molar-refractivity contribution is 7.99. The van der Waals surface area contributed by atoms with Gasteiger partial charge < -0.3 is 15.4 Å². The third kappa shape index (κ3) is 7.54. The van der Waals surface area contributed by atoms with E-state index in [9.17, 15) is 27.6 Å². The fourth-order valence-electron chi connectivity index (χ4n) is 2.82. The standard InChI is InChI=1S/C23H19F3N4O4S/c1-14(31)34-13-19(32)30-21(15-7-10-27-11-8-15)35-22-18(6-3-9-28-22)20(33)29-17-5-2-4-16(12-17)23(24,25)26/h2-12,21H,13H2,1H3,(H,29,33)(H,30,32). The molecule has 1 unspecified atom stereocenters. The zero-order valence-electron chi connectivity index (χ0n) is 18.2. The average molecular weight is 504 g/mol. The van der Waals surface area contributed by atoms with E-state index in [2.05, 4.69) is 20.6 Å². The third-order valence-electron chi connectivity index (χ3n) is 4.40. The van der Waals surface area contributed by atoms with Crippen molar-refractivity contribution in [2.45, 2.75) is 23.5 Å². The van der Waals surface area contributed by atoms with Gasteiger partial charge in [0.1, 0.15) is 10.4 Å². The van der Waals surface area contributed by atoms with Crippen molar-refractivity contribution in [2.24, 2.45) is 0 Å². The van der Waals surface area contributed by atoms with Gasteiger partial charge in [-0.25, -0.2) is 4.98 Å². The molecule has 3 rings (SSSR count). The molecule has 8 nitrogen and oxygen atoms in total. The Labute approximate surface area is 202 Å². The molecule has 0 saturated heterocycles. The van der Waals surface area contributed by atoms with Gasteiger partial charge in [0, 0.05) is 31.2 Å². The molecule has 0 radical (unpaired) electrons. The number of thioether (sulfide) groups is 1. The molecule has 2 amide bonds. The lowest BCUT2D eigenvalue weighted by molar-refractivity contribution is -0.146. The molecule has 0 saturated carbocycles. The van der Waals surface area contributed by atoms with Crippen molar-refractivity contribution in [1.29, 1.82) is 0 Å². The highest BCUT2D eigenvalue weighted by Gasteiger charge is 2.30. The van der Waals surface area contributed by atoms with Crippen LogP contribution in [0.25, 0.3) is 0 Å². The predicted octanol–water partition coefficient (Wildman–Crippen LogP) is 4.22. The van der Waals surface area contributed by atoms with E-state index in [0.29, 0.717) is 5.56 Å². The van der Waals surface area contributed by atoms with Crippen molar-refractivity contribution in [1.82, 2.24) is 15.3 Å². The zero-order valence-corrected chi connectivity index (χ0v) is 19.0. The Morgan fingerprint density at radius 3 is 2.49 bits per heavy atom. The van der Waals surface area contributed by atoms with Crippen LogP contribution in [0, 0.1) is 0 Å². The van der Waals surface area contributed by atoms with Gasteiger partial charge in [-0.3, -0.25) is 19.4 Å². The quantitative estimate of drug-likeness (QED) is 0.269. The summed E-state index contributed by atoms with van der Waals surface area (Å²) in [5.74, 6) is -1.88. The Kier molecular flexibility index (Phi) is 8.42. The highest BCUT2D eigenvalue weighted by Crippen LogP contribution is 2.34. The van der Waals surface area contributed by atoms with Crippen LogP contribution >= 0.6 is 11.8 Å². The molecule has 12 heteroatoms. The number of rotatable bonds is 8. The normalized spacial score (nSPS) is 11.9. The number of halogens is 3. The minimum atomic E-state index is -4.56. The number of hydrogen-bond donors (Lipinski definition) is 2. The molecule has 0 aliphatic carbocycles. The molecule has 182 valence electrons. The molecule has 2 heterocycles. The van der Waals surface area contributed by atoms with Crippen LogP contribution in [0.3, 0.4) is 0 Å². The van der Waals surface area contributed by atoms with Gasteiger partial charge in [0.2, 0.25) is 0 Å². The number of alkyl halides is 3. The van der Waals surface area contributed by atoms with E-state index in [1.807, 2.05) is 0 Å². The van der Waals surface area contributed by atoms with Gasteiger partial charge in [0.25, 0.3) is 11.8 Å². The number of carbonyl (C=O) groups is 3. The van der Waals surface area contributed by atoms with Crippen molar-refractivity contribution < 1.29 is 32.3 Å². The third-order valence-corrected chi connectivity index (χ3v) is 5.57. The first-order valence-electron chi connectivity index (χ1n) is 10.1. The molecule has 3 aromatic rings. The second-order valence-electron chi connectivity index (χ2n) is 7.02. The van der Waals surface area contributed by atoms with Gasteiger partial charge in [-0.1, -0.05) is 17.8 Å². The molecule has 1 atom stereocenters. The van der Waals surface area contributed by atoms with Crippen molar-refractivity contribution >= 4 is 35.2 Å². The number of esters is 1. The van der Waals surface area contributed by atoms with Gasteiger partial charge in [0.05, 0.1) is 11.1 Å². The molecule has 0 fully saturated rings. The van der Waals surface area contributed by atoms with Gasteiger partial charge in [-0.15, -0.1) is 0 Å². The summed E-state index contributed by atoms with van der Waals surface area (Å²) >= 11 is 1.03. The highest BCUT2D eigenvalue weighted by atomic mass is 32.2. The Hall–Kier alpha value is -3.93. The molecule has 0 aliphatic heterocycles. The Balaban J connectivity index is 1.83. The van der Waals surface area contributed by atoms with E-state index in [1.54, 1.807) is 12.1 Å². The number of nitrogens with one attached hydrogen (secondary N) is 2. The van der Waals surface area contributed by atoms with E-state index in [-0.39, 0.29) is 16.3 Å². The second kappa shape index (κ2) is 11.5. The van der Waals surface area contributed by atoms with Gasteiger partial charge in [-0.05, 0) is 48.0 Å². The maximum absolute atomic E-state index is 13.0. The van der Waals surface area contributed by atoms with Crippen LogP contribution in [-0.4, -0.2) is 34.4 Å². The molecule has 35 heavy (non-hydrogen) atoms. The van der Waals surface area contributed by atoms with Crippen molar-refractivity contribution in [3.05, 3.63) is 83.8 Å². The van der Waals surface area contributed by atoms with Crippen molar-refractivity contribution in [2.75, 3.05) is 11.9 Å². The Bertz CT molecular complexity index is 1210. The number of hydrogen-bond acceptors (Lipinski definition) is 7. The number of benzene rings is 1. The van der Waals surface area contributed by atoms with Gasteiger partial charge >= 0.3 is 12.1 Å². The minimum Gasteiger partial charge on any atom is -0.456 e. The van der Waals surface area contributed by atoms with Crippen molar-refractivity contribution in [3.8, 4) is 0 Å². The summed E-state index contributed by atoms with van der Waals surface area (Å²) in [6.45, 7) is 0.675. The fraction of sp³-hybridized carbons (Fsp3) is 0.174. The number of anilines is 1. The van der Waals surface area contributed by atoms with Crippen LogP contribution in [-0.2, 0) is 20.5 Å². The summed E-state index contributed by atoms with van der Waals surface area (Å²) < 4.78 is 43.7. The fourth-order valence-corrected chi connectivity index (χ4v) is 3.93. The predicted molar refractivity (Wildman–Crippen MR) is 121 cm³/mol. The van der Waals surface area contributed by atoms with E-state index in [1.165, 1.54) is 49.8 Å². The molecule has 2 aromatic heterocycles. The molecule has 2 N–H and O–H groups in total. The van der Waals surface area contributed by atoms with Crippen LogP contribution in [0.5, 0.6) is 0 Å². The van der Waals surface area contributed by atoms with Crippen molar-refractivity contribution in [3.63, 3.8) is 0 Å². The lowest BCUT2D eigenvalue weighted by atomic mass is 10.2. The summed E-state index contributed by atoms with van der Waals surface area (Å²) in [6, 6.07) is 10.5. The molecule has 1 aromatic carbocycles. The molecule has 0 aliphatic rings. The SMILES string of the molecule is CC(=O)OCC(=O)NC(Sc1ncccc1C(=O)Nc1cccc(C(F)(F)F)c1)c1ccncc1. The van der Waals surface area contributed by atoms with Crippen LogP contribution in [0.4, 0.5) is 18.9 Å². The molecule has 0 bridgehead atoms. The molecular weight excluding hydrogens is 485 g/mol. The van der Waals surface area contributed by atoms with Gasteiger partial charge in [0.15, 0.2) is 6.61 Å². The number of amides is 2. The minimum absolute atomic E-state index is 0.0370. The van der Waals surface area contributed by atoms with Crippen LogP contribution < -0.4 is 10.6 Å². The van der Waals surface area contributed by atoms with E-state index in [0.717, 1.165) is 23.9 Å². The van der Waals surface area contributed by atoms with E-state index < -0.39 is 41.5 Å². The maximum Gasteiger partial charge on any atom is 0.416 e. The number of nitrogens with zero attached hydrogens (tertiary/aromatic N) is 2. The van der Waals surface area contributed by atoms with Crippen LogP contribution in [0.1, 0.15) is 33.8 Å². The van der Waals surface area contributed by atoms with E-state index >= 15 is 0 Å². The smallest absolute Gasteiger partial charge is 0.416 e. The molecule has 0 spiro atoms. The first-order valence-corrected chi connectivity index (χ1v) is 10.9. The Morgan fingerprint density at radius 2 is 1.80 bits per heavy atom. The zero-order chi connectivity index (χ0) is 25.4. The number of pyridine rings is 2. The summed E-state index contributed by atoms with van der Waals surface area (Å²) in [6.07, 6.45) is -0.0899. The summed E-state index contributed by atoms with van der Waals surface area (Å²) in [4.78, 5) is 44.4. The Morgan fingerprint density at radius 1 is 1.06 bits per heavy atom. The topological polar surface area (TPSA) is 110 Å². The summed E-state index contributed by atoms with van der Waals surface area (Å²) in [7, 11) is 0. The van der Waals surface area contributed by atoms with Crippen LogP contribution in [0.2, 0.25) is 0 Å². The van der Waals surface area contributed by atoms with E-state index in [4.69, 9.17) is 4.74 Å². The first kappa shape index (κ1) is 25.7. The number of aromatic nitrogens is 2. The van der Waals surface area contributed by atoms with Gasteiger partial charge in [-0.2, -0.15) is 13.2 Å². The largest absolute Gasteiger partial charge is 0.456 e. The number of ether oxygens (including phenoxy) is 1. The first-order chi connectivity index (χ1) is 16.6. The summed E-state index contributed by atoms with van der Waals surface area (Å²) in [5.41, 5.74) is -0.228. The lowest BCUT2D eigenvalue weighted by Gasteiger charge is -2.19. The second-order valence-corrected chi connectivity index (χ2v) is 8.11. The maximum atomic E-state index is 13.0. The average Bonchev–Trinajstić information content (AvgIpc) is 2.83. The monoisotopic (exact) mass is 504 g/mol.